The topological polar surface area (TPSA) is 236 Å². The van der Waals surface area contributed by atoms with Gasteiger partial charge in [0, 0.05) is 6.08 Å². The lowest BCUT2D eigenvalue weighted by Crippen LogP contribution is -2.64. The number of esters is 1. The Balaban J connectivity index is 1.76. The summed E-state index contributed by atoms with van der Waals surface area (Å²) in [7, 11) is 0. The average molecular weight is 504 g/mol. The van der Waals surface area contributed by atoms with Crippen LogP contribution in [0.1, 0.15) is 5.56 Å². The first kappa shape index (κ1) is 27.2. The Bertz CT molecular complexity index is 893. The zero-order chi connectivity index (χ0) is 25.9. The summed E-state index contributed by atoms with van der Waals surface area (Å²) in [5.74, 6) is -1.86. The molecule has 0 aromatic heterocycles. The number of ether oxygens (including phenoxy) is 4. The second-order valence-electron chi connectivity index (χ2n) is 8.02. The largest absolute Gasteiger partial charge is 0.504 e. The summed E-state index contributed by atoms with van der Waals surface area (Å²) in [4.78, 5) is 12.4. The summed E-state index contributed by atoms with van der Waals surface area (Å²) in [6, 6.07) is 3.73. The van der Waals surface area contributed by atoms with Crippen molar-refractivity contribution >= 4 is 12.0 Å². The van der Waals surface area contributed by atoms with Gasteiger partial charge in [0.1, 0.15) is 42.7 Å². The van der Waals surface area contributed by atoms with Crippen molar-refractivity contribution in [1.82, 2.24) is 0 Å². The number of aliphatic hydroxyl groups excluding tert-OH is 7. The summed E-state index contributed by atoms with van der Waals surface area (Å²) in [5, 5.41) is 88.7. The van der Waals surface area contributed by atoms with Gasteiger partial charge in [-0.1, -0.05) is 6.07 Å². The van der Waals surface area contributed by atoms with Gasteiger partial charge in [0.15, 0.2) is 30.2 Å². The van der Waals surface area contributed by atoms with Gasteiger partial charge in [0.2, 0.25) is 0 Å². The molecule has 0 unspecified atom stereocenters. The predicted octanol–water partition coefficient (Wildman–Crippen LogP) is -3.72. The van der Waals surface area contributed by atoms with Gasteiger partial charge >= 0.3 is 5.97 Å². The molecule has 2 saturated heterocycles. The molecule has 0 aliphatic carbocycles. The van der Waals surface area contributed by atoms with E-state index in [1.807, 2.05) is 0 Å². The molecule has 14 nitrogen and oxygen atoms in total. The molecule has 0 spiro atoms. The Morgan fingerprint density at radius 3 is 2.06 bits per heavy atom. The van der Waals surface area contributed by atoms with Crippen molar-refractivity contribution in [2.24, 2.45) is 0 Å². The van der Waals surface area contributed by atoms with Gasteiger partial charge in [-0.05, 0) is 23.8 Å². The van der Waals surface area contributed by atoms with E-state index in [0.29, 0.717) is 5.56 Å². The monoisotopic (exact) mass is 504 g/mol. The predicted molar refractivity (Wildman–Crippen MR) is 111 cm³/mol. The normalized spacial score (nSPS) is 37.9. The van der Waals surface area contributed by atoms with Crippen LogP contribution in [-0.4, -0.2) is 127 Å². The molecule has 196 valence electrons. The lowest BCUT2D eigenvalue weighted by atomic mass is 9.97. The van der Waals surface area contributed by atoms with E-state index >= 15 is 0 Å². The van der Waals surface area contributed by atoms with Crippen molar-refractivity contribution in [3.05, 3.63) is 29.8 Å². The Morgan fingerprint density at radius 1 is 0.857 bits per heavy atom. The highest BCUT2D eigenvalue weighted by molar-refractivity contribution is 5.87. The van der Waals surface area contributed by atoms with Gasteiger partial charge in [0.05, 0.1) is 13.2 Å². The smallest absolute Gasteiger partial charge is 0.331 e. The van der Waals surface area contributed by atoms with Gasteiger partial charge in [-0.3, -0.25) is 0 Å². The van der Waals surface area contributed by atoms with Gasteiger partial charge in [-0.2, -0.15) is 0 Å². The number of benzene rings is 1. The quantitative estimate of drug-likeness (QED) is 0.0986. The second kappa shape index (κ2) is 11.6. The molecule has 2 aliphatic heterocycles. The molecule has 14 heteroatoms. The zero-order valence-corrected chi connectivity index (χ0v) is 18.1. The standard InChI is InChI=1S/C21H28O14/c22-6-11-14(27)16(29)18(20(31)32-11)35-21-19(17(30)15(28)12(7-23)33-21)34-13(26)4-2-8-1-3-9(24)10(25)5-8/h1-5,11-12,14-25,27-31H,6-7H2/b4-2+/t11-,12-,14+,15-,16+,17+,18-,19-,20-,21+/m1/s1. The number of hydrogen-bond acceptors (Lipinski definition) is 14. The minimum atomic E-state index is -1.87. The van der Waals surface area contributed by atoms with Gasteiger partial charge < -0.3 is 64.9 Å². The van der Waals surface area contributed by atoms with Crippen LogP contribution in [-0.2, 0) is 23.7 Å². The number of rotatable bonds is 7. The van der Waals surface area contributed by atoms with Crippen LogP contribution >= 0.6 is 0 Å². The Morgan fingerprint density at radius 2 is 1.46 bits per heavy atom. The number of aliphatic hydroxyl groups is 7. The highest BCUT2D eigenvalue weighted by Crippen LogP contribution is 2.30. The number of phenols is 2. The highest BCUT2D eigenvalue weighted by atomic mass is 16.7. The Kier molecular flexibility index (Phi) is 9.00. The maximum atomic E-state index is 12.4. The molecule has 3 rings (SSSR count). The lowest BCUT2D eigenvalue weighted by molar-refractivity contribution is -0.362. The van der Waals surface area contributed by atoms with Crippen molar-refractivity contribution in [3.8, 4) is 11.5 Å². The fraction of sp³-hybridized carbons (Fsp3) is 0.571. The molecular weight excluding hydrogens is 476 g/mol. The van der Waals surface area contributed by atoms with E-state index in [9.17, 15) is 50.8 Å². The number of carbonyl (C=O) groups excluding carboxylic acids is 1. The van der Waals surface area contributed by atoms with E-state index in [4.69, 9.17) is 18.9 Å². The Labute approximate surface area is 198 Å². The molecule has 2 fully saturated rings. The number of phenolic OH excluding ortho intramolecular Hbond substituents is 2. The second-order valence-corrected chi connectivity index (χ2v) is 8.02. The first-order valence-electron chi connectivity index (χ1n) is 10.6. The van der Waals surface area contributed by atoms with Crippen LogP contribution < -0.4 is 0 Å². The summed E-state index contributed by atoms with van der Waals surface area (Å²) in [6.45, 7) is -1.49. The molecule has 2 heterocycles. The van der Waals surface area contributed by atoms with Crippen LogP contribution in [0.3, 0.4) is 0 Å². The van der Waals surface area contributed by atoms with Crippen molar-refractivity contribution < 1.29 is 69.7 Å². The van der Waals surface area contributed by atoms with Crippen LogP contribution in [0.2, 0.25) is 0 Å². The molecule has 35 heavy (non-hydrogen) atoms. The summed E-state index contributed by atoms with van der Waals surface area (Å²) in [5.41, 5.74) is 0.309. The van der Waals surface area contributed by atoms with Gasteiger partial charge in [-0.25, -0.2) is 4.79 Å². The highest BCUT2D eigenvalue weighted by Gasteiger charge is 2.51. The van der Waals surface area contributed by atoms with Gasteiger partial charge in [0.25, 0.3) is 0 Å². The average Bonchev–Trinajstić information content (AvgIpc) is 2.83. The summed E-state index contributed by atoms with van der Waals surface area (Å²) >= 11 is 0. The van der Waals surface area contributed by atoms with E-state index in [0.717, 1.165) is 12.1 Å². The number of aromatic hydroxyl groups is 2. The van der Waals surface area contributed by atoms with Crippen molar-refractivity contribution in [2.75, 3.05) is 13.2 Å². The van der Waals surface area contributed by atoms with E-state index in [1.165, 1.54) is 18.2 Å². The third-order valence-electron chi connectivity index (χ3n) is 5.62. The molecule has 0 radical (unpaired) electrons. The third kappa shape index (κ3) is 6.07. The summed E-state index contributed by atoms with van der Waals surface area (Å²) < 4.78 is 20.9. The lowest BCUT2D eigenvalue weighted by Gasteiger charge is -2.45. The Hall–Kier alpha value is -2.37. The number of hydrogen-bond donors (Lipinski definition) is 9. The first-order chi connectivity index (χ1) is 16.6. The summed E-state index contributed by atoms with van der Waals surface area (Å²) in [6.07, 6.45) is -14.7. The molecule has 0 saturated carbocycles. The molecule has 2 aliphatic rings. The van der Waals surface area contributed by atoms with Gasteiger partial charge in [-0.15, -0.1) is 0 Å². The fourth-order valence-corrected chi connectivity index (χ4v) is 3.65. The third-order valence-corrected chi connectivity index (χ3v) is 5.62. The maximum Gasteiger partial charge on any atom is 0.331 e. The molecule has 9 N–H and O–H groups in total. The van der Waals surface area contributed by atoms with E-state index < -0.39 is 86.3 Å². The molecule has 0 bridgehead atoms. The van der Waals surface area contributed by atoms with Crippen molar-refractivity contribution in [3.63, 3.8) is 0 Å². The number of carbonyl (C=O) groups is 1. The zero-order valence-electron chi connectivity index (χ0n) is 18.1. The van der Waals surface area contributed by atoms with Crippen LogP contribution in [0, 0.1) is 0 Å². The minimum Gasteiger partial charge on any atom is -0.504 e. The van der Waals surface area contributed by atoms with Crippen LogP contribution in [0.25, 0.3) is 6.08 Å². The molecule has 0 amide bonds. The molecular formula is C21H28O14. The molecule has 1 aromatic carbocycles. The first-order valence-corrected chi connectivity index (χ1v) is 10.6. The van der Waals surface area contributed by atoms with Crippen molar-refractivity contribution in [2.45, 2.75) is 61.4 Å². The van der Waals surface area contributed by atoms with E-state index in [2.05, 4.69) is 0 Å². The van der Waals surface area contributed by atoms with Crippen molar-refractivity contribution in [1.29, 1.82) is 0 Å². The molecule has 1 aromatic rings. The fourth-order valence-electron chi connectivity index (χ4n) is 3.65. The van der Waals surface area contributed by atoms with Crippen LogP contribution in [0.4, 0.5) is 0 Å². The van der Waals surface area contributed by atoms with Crippen LogP contribution in [0.5, 0.6) is 11.5 Å². The molecule has 10 atom stereocenters. The maximum absolute atomic E-state index is 12.4. The SMILES string of the molecule is O=C(/C=C/c1ccc(O)c(O)c1)O[C@H]1[C@H](O[C@@H]2[C@@H](O)[C@@H](O)[C@@H](CO)O[C@H]2O)O[C@H](CO)[C@@H](O)[C@@H]1O. The van der Waals surface area contributed by atoms with E-state index in [1.54, 1.807) is 0 Å². The van der Waals surface area contributed by atoms with Crippen LogP contribution in [0.15, 0.2) is 24.3 Å². The van der Waals surface area contributed by atoms with E-state index in [-0.39, 0.29) is 5.75 Å². The minimum absolute atomic E-state index is 0.309.